The fourth-order valence-electron chi connectivity index (χ4n) is 2.45. The van der Waals surface area contributed by atoms with Crippen molar-refractivity contribution in [3.8, 4) is 10.6 Å². The van der Waals surface area contributed by atoms with Crippen LogP contribution in [0.2, 0.25) is 0 Å². The van der Waals surface area contributed by atoms with Crippen LogP contribution in [0.4, 0.5) is 17.3 Å². The van der Waals surface area contributed by atoms with Crippen LogP contribution >= 0.6 is 11.3 Å². The van der Waals surface area contributed by atoms with Crippen LogP contribution in [0, 0.1) is 0 Å². The summed E-state index contributed by atoms with van der Waals surface area (Å²) in [6.45, 7) is 0.895. The van der Waals surface area contributed by atoms with E-state index < -0.39 is 0 Å². The standard InChI is InChI=1S/C19H17N7O2S/c27-19(14-12-15(28-26-14)16-2-1-11-29-16)22-10-9-21-17-3-4-18(25-24-17)23-13-5-7-20-8-6-13/h1-8,11-12H,9-10H2,(H,21,24)(H,22,27)(H,20,23,25). The Kier molecular flexibility index (Phi) is 5.72. The lowest BCUT2D eigenvalue weighted by Crippen LogP contribution is -2.29. The van der Waals surface area contributed by atoms with Crippen molar-refractivity contribution >= 4 is 34.6 Å². The largest absolute Gasteiger partial charge is 0.367 e. The molecule has 146 valence electrons. The van der Waals surface area contributed by atoms with Gasteiger partial charge in [-0.1, -0.05) is 11.2 Å². The zero-order chi connectivity index (χ0) is 19.9. The number of rotatable bonds is 8. The molecule has 29 heavy (non-hydrogen) atoms. The lowest BCUT2D eigenvalue weighted by atomic mass is 10.3. The molecule has 0 aliphatic heterocycles. The van der Waals surface area contributed by atoms with E-state index in [9.17, 15) is 4.79 Å². The SMILES string of the molecule is O=C(NCCNc1ccc(Nc2ccncc2)nn1)c1cc(-c2cccs2)on1. The van der Waals surface area contributed by atoms with Gasteiger partial charge in [0.2, 0.25) is 0 Å². The second-order valence-corrected chi connectivity index (χ2v) is 6.85. The Balaban J connectivity index is 1.22. The van der Waals surface area contributed by atoms with Crippen LogP contribution in [-0.2, 0) is 0 Å². The van der Waals surface area contributed by atoms with E-state index in [1.807, 2.05) is 41.8 Å². The summed E-state index contributed by atoms with van der Waals surface area (Å²) in [4.78, 5) is 17.1. The van der Waals surface area contributed by atoms with Crippen LogP contribution in [-0.4, -0.2) is 39.3 Å². The van der Waals surface area contributed by atoms with Gasteiger partial charge in [0.05, 0.1) is 4.88 Å². The van der Waals surface area contributed by atoms with Crippen LogP contribution < -0.4 is 16.0 Å². The summed E-state index contributed by atoms with van der Waals surface area (Å²) in [6.07, 6.45) is 3.39. The van der Waals surface area contributed by atoms with E-state index in [0.717, 1.165) is 10.6 Å². The van der Waals surface area contributed by atoms with Crippen LogP contribution in [0.5, 0.6) is 0 Å². The quantitative estimate of drug-likeness (QED) is 0.381. The number of anilines is 3. The fraction of sp³-hybridized carbons (Fsp3) is 0.105. The predicted octanol–water partition coefficient (Wildman–Crippen LogP) is 3.17. The predicted molar refractivity (Wildman–Crippen MR) is 110 cm³/mol. The summed E-state index contributed by atoms with van der Waals surface area (Å²) >= 11 is 1.53. The van der Waals surface area contributed by atoms with Crippen molar-refractivity contribution in [3.63, 3.8) is 0 Å². The molecule has 0 radical (unpaired) electrons. The number of pyridine rings is 1. The van der Waals surface area contributed by atoms with E-state index in [-0.39, 0.29) is 11.6 Å². The fourth-order valence-corrected chi connectivity index (χ4v) is 3.12. The van der Waals surface area contributed by atoms with E-state index in [0.29, 0.717) is 30.5 Å². The van der Waals surface area contributed by atoms with Gasteiger partial charge in [0.25, 0.3) is 5.91 Å². The molecule has 0 aromatic carbocycles. The molecule has 0 aliphatic rings. The molecule has 0 saturated carbocycles. The normalized spacial score (nSPS) is 10.5. The lowest BCUT2D eigenvalue weighted by Gasteiger charge is -2.07. The number of aromatic nitrogens is 4. The molecular weight excluding hydrogens is 390 g/mol. The molecule has 9 nitrogen and oxygen atoms in total. The maximum absolute atomic E-state index is 12.2. The highest BCUT2D eigenvalue weighted by molar-refractivity contribution is 7.13. The Morgan fingerprint density at radius 3 is 2.62 bits per heavy atom. The van der Waals surface area contributed by atoms with Gasteiger partial charge in [0.15, 0.2) is 17.3 Å². The molecule has 10 heteroatoms. The first-order valence-electron chi connectivity index (χ1n) is 8.81. The van der Waals surface area contributed by atoms with Gasteiger partial charge in [-0.15, -0.1) is 21.5 Å². The van der Waals surface area contributed by atoms with E-state index in [1.165, 1.54) is 11.3 Å². The monoisotopic (exact) mass is 407 g/mol. The summed E-state index contributed by atoms with van der Waals surface area (Å²) in [5.74, 6) is 1.53. The molecule has 3 N–H and O–H groups in total. The number of thiophene rings is 1. The zero-order valence-electron chi connectivity index (χ0n) is 15.2. The van der Waals surface area contributed by atoms with E-state index in [2.05, 4.69) is 36.3 Å². The van der Waals surface area contributed by atoms with Crippen LogP contribution in [0.3, 0.4) is 0 Å². The van der Waals surface area contributed by atoms with E-state index in [1.54, 1.807) is 18.5 Å². The maximum atomic E-state index is 12.2. The first-order chi connectivity index (χ1) is 14.3. The topological polar surface area (TPSA) is 118 Å². The van der Waals surface area contributed by atoms with Crippen LogP contribution in [0.1, 0.15) is 10.5 Å². The van der Waals surface area contributed by atoms with Crippen LogP contribution in [0.15, 0.2) is 64.8 Å². The molecule has 0 saturated heterocycles. The first kappa shape index (κ1) is 18.6. The molecule has 0 unspecified atom stereocenters. The van der Waals surface area contributed by atoms with Crippen LogP contribution in [0.25, 0.3) is 10.6 Å². The summed E-state index contributed by atoms with van der Waals surface area (Å²) in [7, 11) is 0. The average molecular weight is 407 g/mol. The Morgan fingerprint density at radius 2 is 1.86 bits per heavy atom. The van der Waals surface area contributed by atoms with Crippen molar-refractivity contribution < 1.29 is 9.32 Å². The van der Waals surface area contributed by atoms with E-state index >= 15 is 0 Å². The number of hydrogen-bond acceptors (Lipinski definition) is 9. The number of nitrogens with zero attached hydrogens (tertiary/aromatic N) is 4. The average Bonchev–Trinajstić information content (AvgIpc) is 3.45. The summed E-state index contributed by atoms with van der Waals surface area (Å²) in [6, 6.07) is 12.8. The lowest BCUT2D eigenvalue weighted by molar-refractivity contribution is 0.0946. The molecule has 0 spiro atoms. The molecule has 4 aromatic heterocycles. The highest BCUT2D eigenvalue weighted by Crippen LogP contribution is 2.25. The maximum Gasteiger partial charge on any atom is 0.273 e. The number of nitrogens with one attached hydrogen (secondary N) is 3. The second kappa shape index (κ2) is 8.93. The second-order valence-electron chi connectivity index (χ2n) is 5.90. The van der Waals surface area contributed by atoms with Gasteiger partial charge in [-0.25, -0.2) is 0 Å². The van der Waals surface area contributed by atoms with E-state index in [4.69, 9.17) is 4.52 Å². The molecule has 4 rings (SSSR count). The van der Waals surface area contributed by atoms with Gasteiger partial charge >= 0.3 is 0 Å². The highest BCUT2D eigenvalue weighted by atomic mass is 32.1. The Bertz CT molecular complexity index is 1050. The van der Waals surface area contributed by atoms with Crippen molar-refractivity contribution in [1.29, 1.82) is 0 Å². The zero-order valence-corrected chi connectivity index (χ0v) is 16.0. The van der Waals surface area contributed by atoms with Crippen molar-refractivity contribution in [2.45, 2.75) is 0 Å². The minimum atomic E-state index is -0.290. The Labute approximate surface area is 170 Å². The summed E-state index contributed by atoms with van der Waals surface area (Å²) < 4.78 is 5.22. The molecule has 4 heterocycles. The third-order valence-electron chi connectivity index (χ3n) is 3.84. The van der Waals surface area contributed by atoms with Crippen molar-refractivity contribution in [1.82, 2.24) is 25.7 Å². The van der Waals surface area contributed by atoms with Gasteiger partial charge in [-0.3, -0.25) is 9.78 Å². The van der Waals surface area contributed by atoms with Crippen molar-refractivity contribution in [2.24, 2.45) is 0 Å². The molecular formula is C19H17N7O2S. The first-order valence-corrected chi connectivity index (χ1v) is 9.69. The van der Waals surface area contributed by atoms with Gasteiger partial charge < -0.3 is 20.5 Å². The number of hydrogen-bond donors (Lipinski definition) is 3. The van der Waals surface area contributed by atoms with Crippen molar-refractivity contribution in [2.75, 3.05) is 23.7 Å². The summed E-state index contributed by atoms with van der Waals surface area (Å²) in [5.41, 5.74) is 1.13. The third kappa shape index (κ3) is 4.93. The molecule has 0 aliphatic carbocycles. The Hall–Kier alpha value is -3.79. The highest BCUT2D eigenvalue weighted by Gasteiger charge is 2.13. The molecule has 0 fully saturated rings. The van der Waals surface area contributed by atoms with Gasteiger partial charge in [-0.05, 0) is 35.7 Å². The van der Waals surface area contributed by atoms with Gasteiger partial charge in [0.1, 0.15) is 5.82 Å². The molecule has 0 atom stereocenters. The molecule has 1 amide bonds. The van der Waals surface area contributed by atoms with Crippen molar-refractivity contribution in [3.05, 3.63) is 65.9 Å². The van der Waals surface area contributed by atoms with Gasteiger partial charge in [-0.2, -0.15) is 0 Å². The van der Waals surface area contributed by atoms with Gasteiger partial charge in [0, 0.05) is 37.2 Å². The number of amides is 1. The number of carbonyl (C=O) groups is 1. The molecule has 4 aromatic rings. The number of carbonyl (C=O) groups excluding carboxylic acids is 1. The Morgan fingerprint density at radius 1 is 1.03 bits per heavy atom. The summed E-state index contributed by atoms with van der Waals surface area (Å²) in [5, 5.41) is 23.0. The smallest absolute Gasteiger partial charge is 0.273 e. The minimum absolute atomic E-state index is 0.250. The minimum Gasteiger partial charge on any atom is -0.367 e. The molecule has 0 bridgehead atoms. The third-order valence-corrected chi connectivity index (χ3v) is 4.73.